The standard InChI is InChI=1S/C9H18O2P/c1-6-11-12(10)8(2)7-9(3,4)5/h7H,6H2,1-5H3/q+1/b8-7+. The lowest BCUT2D eigenvalue weighted by molar-refractivity contribution is 0.354. The third-order valence-electron chi connectivity index (χ3n) is 1.18. The highest BCUT2D eigenvalue weighted by molar-refractivity contribution is 7.44. The van der Waals surface area contributed by atoms with E-state index in [-0.39, 0.29) is 5.41 Å². The summed E-state index contributed by atoms with van der Waals surface area (Å²) in [5.74, 6) is 0. The minimum atomic E-state index is -1.60. The second kappa shape index (κ2) is 4.74. The molecule has 12 heavy (non-hydrogen) atoms. The minimum absolute atomic E-state index is 0.0756. The van der Waals surface area contributed by atoms with Gasteiger partial charge in [0.2, 0.25) is 0 Å². The van der Waals surface area contributed by atoms with Crippen molar-refractivity contribution in [2.75, 3.05) is 6.61 Å². The fraction of sp³-hybridized carbons (Fsp3) is 0.778. The molecule has 0 N–H and O–H groups in total. The van der Waals surface area contributed by atoms with Gasteiger partial charge in [-0.05, 0) is 23.0 Å². The molecule has 0 saturated heterocycles. The lowest BCUT2D eigenvalue weighted by Crippen LogP contribution is -1.99. The van der Waals surface area contributed by atoms with E-state index in [1.54, 1.807) is 0 Å². The average Bonchev–Trinajstić information content (AvgIpc) is 1.84. The third-order valence-corrected chi connectivity index (χ3v) is 2.37. The molecule has 0 radical (unpaired) electrons. The van der Waals surface area contributed by atoms with Gasteiger partial charge in [0.1, 0.15) is 6.61 Å². The Morgan fingerprint density at radius 3 is 2.33 bits per heavy atom. The molecule has 0 amide bonds. The van der Waals surface area contributed by atoms with E-state index in [4.69, 9.17) is 4.52 Å². The molecule has 0 rings (SSSR count). The van der Waals surface area contributed by atoms with Crippen LogP contribution >= 0.6 is 8.03 Å². The molecule has 2 nitrogen and oxygen atoms in total. The maximum atomic E-state index is 11.3. The Morgan fingerprint density at radius 2 is 2.00 bits per heavy atom. The van der Waals surface area contributed by atoms with Crippen LogP contribution in [0.15, 0.2) is 11.4 Å². The maximum absolute atomic E-state index is 11.3. The molecular weight excluding hydrogens is 171 g/mol. The Balaban J connectivity index is 4.28. The van der Waals surface area contributed by atoms with Gasteiger partial charge in [-0.15, -0.1) is 4.52 Å². The number of hydrogen-bond acceptors (Lipinski definition) is 2. The summed E-state index contributed by atoms with van der Waals surface area (Å²) in [5.41, 5.74) is 0.0756. The van der Waals surface area contributed by atoms with E-state index in [9.17, 15) is 4.57 Å². The van der Waals surface area contributed by atoms with Gasteiger partial charge in [0, 0.05) is 6.92 Å². The molecule has 0 bridgehead atoms. The summed E-state index contributed by atoms with van der Waals surface area (Å²) >= 11 is 0. The molecule has 0 aliphatic carbocycles. The average molecular weight is 189 g/mol. The van der Waals surface area contributed by atoms with Crippen LogP contribution in [-0.4, -0.2) is 6.61 Å². The first kappa shape index (κ1) is 11.8. The number of rotatable bonds is 3. The predicted molar refractivity (Wildman–Crippen MR) is 52.4 cm³/mol. The predicted octanol–water partition coefficient (Wildman–Crippen LogP) is 3.72. The Morgan fingerprint density at radius 1 is 1.50 bits per heavy atom. The lowest BCUT2D eigenvalue weighted by atomic mass is 9.96. The van der Waals surface area contributed by atoms with Crippen LogP contribution in [-0.2, 0) is 9.09 Å². The van der Waals surface area contributed by atoms with Crippen molar-refractivity contribution < 1.29 is 9.09 Å². The molecule has 0 aromatic heterocycles. The van der Waals surface area contributed by atoms with E-state index in [0.717, 1.165) is 5.31 Å². The van der Waals surface area contributed by atoms with Gasteiger partial charge in [0.15, 0.2) is 5.31 Å². The number of hydrogen-bond donors (Lipinski definition) is 0. The van der Waals surface area contributed by atoms with Crippen molar-refractivity contribution in [3.8, 4) is 0 Å². The molecule has 0 saturated carbocycles. The van der Waals surface area contributed by atoms with Crippen molar-refractivity contribution in [1.82, 2.24) is 0 Å². The van der Waals surface area contributed by atoms with E-state index < -0.39 is 8.03 Å². The van der Waals surface area contributed by atoms with E-state index >= 15 is 0 Å². The SMILES string of the molecule is CCO[P+](=O)/C(C)=C/C(C)(C)C. The van der Waals surface area contributed by atoms with Gasteiger partial charge in [-0.1, -0.05) is 20.8 Å². The zero-order valence-electron chi connectivity index (χ0n) is 8.55. The van der Waals surface area contributed by atoms with Gasteiger partial charge in [0.05, 0.1) is 0 Å². The van der Waals surface area contributed by atoms with Gasteiger partial charge < -0.3 is 0 Å². The molecule has 0 aliphatic heterocycles. The highest BCUT2D eigenvalue weighted by atomic mass is 31.1. The second-order valence-electron chi connectivity index (χ2n) is 3.83. The first-order valence-electron chi connectivity index (χ1n) is 4.16. The van der Waals surface area contributed by atoms with Crippen LogP contribution in [0.4, 0.5) is 0 Å². The molecule has 0 aromatic carbocycles. The lowest BCUT2D eigenvalue weighted by Gasteiger charge is -2.09. The summed E-state index contributed by atoms with van der Waals surface area (Å²) in [6, 6.07) is 0. The van der Waals surface area contributed by atoms with E-state index in [0.29, 0.717) is 6.61 Å². The summed E-state index contributed by atoms with van der Waals surface area (Å²) in [6.45, 7) is 10.4. The minimum Gasteiger partial charge on any atom is -0.142 e. The van der Waals surface area contributed by atoms with Gasteiger partial charge in [-0.2, -0.15) is 0 Å². The van der Waals surface area contributed by atoms with Gasteiger partial charge in [-0.25, -0.2) is 0 Å². The fourth-order valence-corrected chi connectivity index (χ4v) is 1.83. The van der Waals surface area contributed by atoms with Crippen LogP contribution in [0.25, 0.3) is 0 Å². The normalized spacial score (nSPS) is 14.8. The van der Waals surface area contributed by atoms with E-state index in [1.165, 1.54) is 0 Å². The van der Waals surface area contributed by atoms with Crippen molar-refractivity contribution in [1.29, 1.82) is 0 Å². The molecule has 0 aliphatic rings. The van der Waals surface area contributed by atoms with Crippen LogP contribution in [0.5, 0.6) is 0 Å². The van der Waals surface area contributed by atoms with Crippen molar-refractivity contribution in [3.05, 3.63) is 11.4 Å². The van der Waals surface area contributed by atoms with Crippen molar-refractivity contribution in [3.63, 3.8) is 0 Å². The van der Waals surface area contributed by atoms with Crippen LogP contribution < -0.4 is 0 Å². The molecule has 70 valence electrons. The Kier molecular flexibility index (Phi) is 4.66. The topological polar surface area (TPSA) is 26.3 Å². The largest absolute Gasteiger partial charge is 0.543 e. The highest BCUT2D eigenvalue weighted by Crippen LogP contribution is 2.35. The Labute approximate surface area is 75.9 Å². The van der Waals surface area contributed by atoms with Crippen LogP contribution in [0.1, 0.15) is 34.6 Å². The third kappa shape index (κ3) is 5.45. The van der Waals surface area contributed by atoms with Gasteiger partial charge >= 0.3 is 8.03 Å². The molecule has 1 atom stereocenters. The summed E-state index contributed by atoms with van der Waals surface area (Å²) in [6.07, 6.45) is 1.99. The first-order chi connectivity index (χ1) is 5.37. The molecule has 0 aromatic rings. The highest BCUT2D eigenvalue weighted by Gasteiger charge is 2.22. The molecule has 0 spiro atoms. The summed E-state index contributed by atoms with van der Waals surface area (Å²) < 4.78 is 16.3. The molecule has 1 unspecified atom stereocenters. The van der Waals surface area contributed by atoms with Crippen LogP contribution in [0.3, 0.4) is 0 Å². The first-order valence-corrected chi connectivity index (χ1v) is 5.34. The molecular formula is C9H18O2P+. The number of allylic oxidation sites excluding steroid dienone is 2. The molecule has 0 heterocycles. The fourth-order valence-electron chi connectivity index (χ4n) is 0.898. The molecule has 0 fully saturated rings. The van der Waals surface area contributed by atoms with Crippen molar-refractivity contribution >= 4 is 8.03 Å². The quantitative estimate of drug-likeness (QED) is 0.632. The summed E-state index contributed by atoms with van der Waals surface area (Å²) in [7, 11) is -1.60. The van der Waals surface area contributed by atoms with E-state index in [2.05, 4.69) is 20.8 Å². The van der Waals surface area contributed by atoms with Gasteiger partial charge in [-0.3, -0.25) is 0 Å². The van der Waals surface area contributed by atoms with E-state index in [1.807, 2.05) is 19.9 Å². The Hall–Kier alpha value is -0.200. The smallest absolute Gasteiger partial charge is 0.142 e. The van der Waals surface area contributed by atoms with Gasteiger partial charge in [0.25, 0.3) is 0 Å². The maximum Gasteiger partial charge on any atom is 0.543 e. The zero-order valence-corrected chi connectivity index (χ0v) is 9.44. The zero-order chi connectivity index (χ0) is 9.78. The van der Waals surface area contributed by atoms with Crippen molar-refractivity contribution in [2.45, 2.75) is 34.6 Å². The van der Waals surface area contributed by atoms with Crippen molar-refractivity contribution in [2.24, 2.45) is 5.41 Å². The monoisotopic (exact) mass is 189 g/mol. The van der Waals surface area contributed by atoms with Crippen LogP contribution in [0.2, 0.25) is 0 Å². The summed E-state index contributed by atoms with van der Waals surface area (Å²) in [4.78, 5) is 0. The summed E-state index contributed by atoms with van der Waals surface area (Å²) in [5, 5.41) is 0.833. The molecule has 3 heteroatoms. The Bertz CT molecular complexity index is 189. The second-order valence-corrected chi connectivity index (χ2v) is 5.30. The van der Waals surface area contributed by atoms with Crippen LogP contribution in [0, 0.1) is 5.41 Å².